The van der Waals surface area contributed by atoms with Gasteiger partial charge in [-0.1, -0.05) is 0 Å². The third-order valence-electron chi connectivity index (χ3n) is 2.49. The summed E-state index contributed by atoms with van der Waals surface area (Å²) in [5.41, 5.74) is 0.384. The van der Waals surface area contributed by atoms with Crippen molar-refractivity contribution in [1.29, 1.82) is 5.26 Å². The molecule has 2 N–H and O–H groups in total. The number of tetrazole rings is 1. The van der Waals surface area contributed by atoms with Crippen LogP contribution in [0.2, 0.25) is 0 Å². The molecule has 8 nitrogen and oxygen atoms in total. The largest absolute Gasteiger partial charge is 0.573 e. The Morgan fingerprint density at radius 1 is 1.43 bits per heavy atom. The van der Waals surface area contributed by atoms with Gasteiger partial charge in [-0.3, -0.25) is 0 Å². The summed E-state index contributed by atoms with van der Waals surface area (Å²) in [4.78, 5) is 0. The van der Waals surface area contributed by atoms with Crippen molar-refractivity contribution in [2.45, 2.75) is 6.36 Å². The van der Waals surface area contributed by atoms with E-state index in [0.29, 0.717) is 5.69 Å². The lowest BCUT2D eigenvalue weighted by atomic mass is 10.2. The molecule has 0 unspecified atom stereocenters. The quantitative estimate of drug-likeness (QED) is 0.810. The van der Waals surface area contributed by atoms with Crippen molar-refractivity contribution >= 4 is 11.3 Å². The Labute approximate surface area is 127 Å². The first-order chi connectivity index (χ1) is 10.9. The lowest BCUT2D eigenvalue weighted by Crippen LogP contribution is -2.17. The highest BCUT2D eigenvalue weighted by Crippen LogP contribution is 2.32. The van der Waals surface area contributed by atoms with E-state index in [1.165, 1.54) is 19.4 Å². The van der Waals surface area contributed by atoms with E-state index in [2.05, 4.69) is 30.7 Å². The molecule has 120 valence electrons. The number of aromatic amines is 1. The standard InChI is InChI=1S/C12H9F3N6O2/c1-22-10-4-8(23-12(13,14)15)2-3-9(10)17-6-7(5-16)11-18-20-21-19-11/h2-4,6,17H,1H3,(H,18,19,20,21). The molecule has 0 spiro atoms. The van der Waals surface area contributed by atoms with Crippen LogP contribution in [0.5, 0.6) is 11.5 Å². The molecule has 0 amide bonds. The van der Waals surface area contributed by atoms with Crippen molar-refractivity contribution in [3.8, 4) is 17.6 Å². The molecule has 0 bridgehead atoms. The van der Waals surface area contributed by atoms with E-state index in [0.717, 1.165) is 12.1 Å². The SMILES string of the molecule is COc1cc(OC(F)(F)F)ccc1NC=C(C#N)c1nn[nH]n1. The highest BCUT2D eigenvalue weighted by Gasteiger charge is 2.31. The molecule has 0 fully saturated rings. The van der Waals surface area contributed by atoms with Crippen molar-refractivity contribution in [3.63, 3.8) is 0 Å². The van der Waals surface area contributed by atoms with Crippen LogP contribution in [0.25, 0.3) is 5.57 Å². The molecule has 23 heavy (non-hydrogen) atoms. The van der Waals surface area contributed by atoms with Crippen molar-refractivity contribution in [2.75, 3.05) is 12.4 Å². The minimum absolute atomic E-state index is 0.0657. The first kappa shape index (κ1) is 16.1. The third-order valence-corrected chi connectivity index (χ3v) is 2.49. The van der Waals surface area contributed by atoms with Gasteiger partial charge in [0.15, 0.2) is 0 Å². The lowest BCUT2D eigenvalue weighted by Gasteiger charge is -2.12. The zero-order chi connectivity index (χ0) is 16.9. The van der Waals surface area contributed by atoms with E-state index in [-0.39, 0.29) is 17.1 Å². The summed E-state index contributed by atoms with van der Waals surface area (Å²) in [6.45, 7) is 0. The van der Waals surface area contributed by atoms with Crippen molar-refractivity contribution in [2.24, 2.45) is 0 Å². The van der Waals surface area contributed by atoms with Crippen LogP contribution in [0.15, 0.2) is 24.4 Å². The molecule has 0 saturated heterocycles. The van der Waals surface area contributed by atoms with Crippen LogP contribution >= 0.6 is 0 Å². The van der Waals surface area contributed by atoms with E-state index in [4.69, 9.17) is 10.00 Å². The number of hydrogen-bond acceptors (Lipinski definition) is 7. The summed E-state index contributed by atoms with van der Waals surface area (Å²) in [7, 11) is 1.28. The number of ether oxygens (including phenoxy) is 2. The van der Waals surface area contributed by atoms with Gasteiger partial charge in [0.1, 0.15) is 23.1 Å². The second-order valence-corrected chi connectivity index (χ2v) is 3.96. The number of H-pyrrole nitrogens is 1. The first-order valence-corrected chi connectivity index (χ1v) is 5.97. The molecule has 2 aromatic rings. The number of benzene rings is 1. The number of hydrogen-bond donors (Lipinski definition) is 2. The number of allylic oxidation sites excluding steroid dienone is 1. The van der Waals surface area contributed by atoms with Gasteiger partial charge in [-0.05, 0) is 17.3 Å². The highest BCUT2D eigenvalue weighted by atomic mass is 19.4. The van der Waals surface area contributed by atoms with E-state index in [1.807, 2.05) is 6.07 Å². The third kappa shape index (κ3) is 4.34. The fourth-order valence-electron chi connectivity index (χ4n) is 1.56. The number of anilines is 1. The van der Waals surface area contributed by atoms with Gasteiger partial charge >= 0.3 is 6.36 Å². The Hall–Kier alpha value is -3.29. The molecule has 2 rings (SSSR count). The Morgan fingerprint density at radius 2 is 2.22 bits per heavy atom. The minimum Gasteiger partial charge on any atom is -0.494 e. The van der Waals surface area contributed by atoms with Crippen molar-refractivity contribution in [3.05, 3.63) is 30.2 Å². The van der Waals surface area contributed by atoms with Gasteiger partial charge in [0, 0.05) is 12.3 Å². The van der Waals surface area contributed by atoms with E-state index < -0.39 is 12.1 Å². The predicted molar refractivity (Wildman–Crippen MR) is 71.1 cm³/mol. The molecule has 1 heterocycles. The van der Waals surface area contributed by atoms with Gasteiger partial charge in [0.2, 0.25) is 5.82 Å². The number of alkyl halides is 3. The van der Waals surface area contributed by atoms with E-state index in [9.17, 15) is 13.2 Å². The molecular weight excluding hydrogens is 317 g/mol. The van der Waals surface area contributed by atoms with Crippen LogP contribution < -0.4 is 14.8 Å². The summed E-state index contributed by atoms with van der Waals surface area (Å²) in [5.74, 6) is -0.271. The monoisotopic (exact) mass is 326 g/mol. The first-order valence-electron chi connectivity index (χ1n) is 5.97. The Bertz CT molecular complexity index is 736. The van der Waals surface area contributed by atoms with Gasteiger partial charge < -0.3 is 14.8 Å². The van der Waals surface area contributed by atoms with Crippen LogP contribution in [-0.2, 0) is 0 Å². The summed E-state index contributed by atoms with van der Waals surface area (Å²) in [6.07, 6.45) is -3.53. The average molecular weight is 326 g/mol. The number of nitrogens with zero attached hydrogens (tertiary/aromatic N) is 4. The Kier molecular flexibility index (Phi) is 4.65. The van der Waals surface area contributed by atoms with Crippen LogP contribution in [0.3, 0.4) is 0 Å². The fraction of sp³-hybridized carbons (Fsp3) is 0.167. The fourth-order valence-corrected chi connectivity index (χ4v) is 1.56. The highest BCUT2D eigenvalue weighted by molar-refractivity contribution is 5.75. The molecule has 0 saturated carbocycles. The maximum Gasteiger partial charge on any atom is 0.573 e. The molecule has 11 heteroatoms. The summed E-state index contributed by atoms with van der Waals surface area (Å²) in [6, 6.07) is 5.32. The van der Waals surface area contributed by atoms with Crippen LogP contribution in [-0.4, -0.2) is 34.1 Å². The van der Waals surface area contributed by atoms with Gasteiger partial charge in [-0.15, -0.1) is 23.4 Å². The topological polar surface area (TPSA) is 109 Å². The average Bonchev–Trinajstić information content (AvgIpc) is 3.01. The number of nitrogens with one attached hydrogen (secondary N) is 2. The zero-order valence-electron chi connectivity index (χ0n) is 11.5. The minimum atomic E-state index is -4.80. The second-order valence-electron chi connectivity index (χ2n) is 3.96. The van der Waals surface area contributed by atoms with Gasteiger partial charge in [0.25, 0.3) is 0 Å². The smallest absolute Gasteiger partial charge is 0.494 e. The molecule has 0 radical (unpaired) electrons. The second kappa shape index (κ2) is 6.65. The van der Waals surface area contributed by atoms with Crippen LogP contribution in [0.4, 0.5) is 18.9 Å². The maximum atomic E-state index is 12.2. The van der Waals surface area contributed by atoms with Gasteiger partial charge in [0.05, 0.1) is 12.8 Å². The van der Waals surface area contributed by atoms with E-state index >= 15 is 0 Å². The normalized spacial score (nSPS) is 11.7. The zero-order valence-corrected chi connectivity index (χ0v) is 11.5. The molecule has 0 aliphatic heterocycles. The molecular formula is C12H9F3N6O2. The van der Waals surface area contributed by atoms with Crippen molar-refractivity contribution < 1.29 is 22.6 Å². The number of halogens is 3. The molecule has 0 atom stereocenters. The number of methoxy groups -OCH3 is 1. The van der Waals surface area contributed by atoms with Crippen LogP contribution in [0, 0.1) is 11.3 Å². The Morgan fingerprint density at radius 3 is 2.78 bits per heavy atom. The molecule has 0 aliphatic carbocycles. The molecule has 1 aromatic carbocycles. The number of rotatable bonds is 5. The summed E-state index contributed by atoms with van der Waals surface area (Å²) < 4.78 is 45.3. The summed E-state index contributed by atoms with van der Waals surface area (Å²) in [5, 5.41) is 24.5. The maximum absolute atomic E-state index is 12.2. The lowest BCUT2D eigenvalue weighted by molar-refractivity contribution is -0.274. The predicted octanol–water partition coefficient (Wildman–Crippen LogP) is 2.08. The van der Waals surface area contributed by atoms with Crippen LogP contribution in [0.1, 0.15) is 5.82 Å². The van der Waals surface area contributed by atoms with Crippen molar-refractivity contribution in [1.82, 2.24) is 20.6 Å². The van der Waals surface area contributed by atoms with Gasteiger partial charge in [-0.25, -0.2) is 0 Å². The number of nitriles is 1. The Balaban J connectivity index is 2.21. The van der Waals surface area contributed by atoms with E-state index in [1.54, 1.807) is 0 Å². The summed E-state index contributed by atoms with van der Waals surface area (Å²) >= 11 is 0. The van der Waals surface area contributed by atoms with Gasteiger partial charge in [-0.2, -0.15) is 10.5 Å². The molecule has 1 aromatic heterocycles. The molecule has 0 aliphatic rings. The number of aromatic nitrogens is 4.